The fourth-order valence-electron chi connectivity index (χ4n) is 2.89. The molecule has 2 unspecified atom stereocenters. The summed E-state index contributed by atoms with van der Waals surface area (Å²) in [5.41, 5.74) is 0.973. The van der Waals surface area contributed by atoms with Crippen LogP contribution in [0.5, 0.6) is 0 Å². The SMILES string of the molecule is CCC(CO)N1CCN(C(C)C(=O)Nc2nc(C)c(C)s2)CC1. The van der Waals surface area contributed by atoms with Crippen LogP contribution < -0.4 is 5.32 Å². The number of aromatic nitrogens is 1. The van der Waals surface area contributed by atoms with Crippen molar-refractivity contribution in [1.29, 1.82) is 0 Å². The van der Waals surface area contributed by atoms with Crippen LogP contribution in [0.4, 0.5) is 5.13 Å². The van der Waals surface area contributed by atoms with E-state index in [0.717, 1.165) is 43.2 Å². The lowest BCUT2D eigenvalue weighted by atomic mass is 10.1. The molecule has 0 radical (unpaired) electrons. The Morgan fingerprint density at radius 3 is 2.39 bits per heavy atom. The van der Waals surface area contributed by atoms with Crippen LogP contribution in [-0.2, 0) is 4.79 Å². The maximum atomic E-state index is 12.4. The van der Waals surface area contributed by atoms with Gasteiger partial charge in [0.1, 0.15) is 0 Å². The minimum Gasteiger partial charge on any atom is -0.395 e. The van der Waals surface area contributed by atoms with E-state index in [1.165, 1.54) is 11.3 Å². The molecule has 0 bridgehead atoms. The van der Waals surface area contributed by atoms with Crippen LogP contribution in [0.15, 0.2) is 0 Å². The summed E-state index contributed by atoms with van der Waals surface area (Å²) in [6, 6.07) is 0.0680. The lowest BCUT2D eigenvalue weighted by Gasteiger charge is -2.40. The third kappa shape index (κ3) is 4.50. The third-order valence-electron chi connectivity index (χ3n) is 4.73. The van der Waals surface area contributed by atoms with Crippen LogP contribution in [0.3, 0.4) is 0 Å². The number of amides is 1. The molecular weight excluding hydrogens is 312 g/mol. The average Bonchev–Trinajstić information content (AvgIpc) is 2.86. The monoisotopic (exact) mass is 340 g/mol. The Balaban J connectivity index is 1.86. The summed E-state index contributed by atoms with van der Waals surface area (Å²) in [5.74, 6) is 0.00130. The number of piperazine rings is 1. The van der Waals surface area contributed by atoms with Crippen LogP contribution in [0.2, 0.25) is 0 Å². The molecule has 2 heterocycles. The van der Waals surface area contributed by atoms with Crippen LogP contribution in [0.1, 0.15) is 30.8 Å². The van der Waals surface area contributed by atoms with Crippen LogP contribution in [-0.4, -0.2) is 70.7 Å². The zero-order valence-corrected chi connectivity index (χ0v) is 15.3. The number of hydrogen-bond acceptors (Lipinski definition) is 6. The van der Waals surface area contributed by atoms with Crippen molar-refractivity contribution in [1.82, 2.24) is 14.8 Å². The number of rotatable bonds is 6. The zero-order chi connectivity index (χ0) is 17.0. The van der Waals surface area contributed by atoms with Gasteiger partial charge in [-0.2, -0.15) is 0 Å². The van der Waals surface area contributed by atoms with E-state index in [0.29, 0.717) is 5.13 Å². The number of anilines is 1. The summed E-state index contributed by atoms with van der Waals surface area (Å²) in [6.45, 7) is 11.7. The van der Waals surface area contributed by atoms with Gasteiger partial charge in [-0.05, 0) is 27.2 Å². The van der Waals surface area contributed by atoms with Gasteiger partial charge in [-0.3, -0.25) is 14.6 Å². The highest BCUT2D eigenvalue weighted by Crippen LogP contribution is 2.21. The van der Waals surface area contributed by atoms with Crippen molar-refractivity contribution in [2.24, 2.45) is 0 Å². The van der Waals surface area contributed by atoms with Gasteiger partial charge in [0.05, 0.1) is 18.3 Å². The smallest absolute Gasteiger partial charge is 0.243 e. The van der Waals surface area contributed by atoms with E-state index in [4.69, 9.17) is 0 Å². The molecule has 130 valence electrons. The summed E-state index contributed by atoms with van der Waals surface area (Å²) in [6.07, 6.45) is 0.954. The van der Waals surface area contributed by atoms with Gasteiger partial charge in [0.25, 0.3) is 0 Å². The van der Waals surface area contributed by atoms with Crippen molar-refractivity contribution < 1.29 is 9.90 Å². The Hall–Kier alpha value is -1.02. The van der Waals surface area contributed by atoms with Gasteiger partial charge in [-0.1, -0.05) is 6.92 Å². The van der Waals surface area contributed by atoms with E-state index in [1.807, 2.05) is 20.8 Å². The average molecular weight is 340 g/mol. The maximum Gasteiger partial charge on any atom is 0.243 e. The number of aryl methyl sites for hydroxylation is 2. The number of thiazole rings is 1. The van der Waals surface area contributed by atoms with E-state index in [1.54, 1.807) is 0 Å². The number of aliphatic hydroxyl groups excluding tert-OH is 1. The summed E-state index contributed by atoms with van der Waals surface area (Å²) in [4.78, 5) is 22.4. The Labute approximate surface area is 142 Å². The minimum absolute atomic E-state index is 0.00130. The highest BCUT2D eigenvalue weighted by molar-refractivity contribution is 7.15. The number of carbonyl (C=O) groups excluding carboxylic acids is 1. The fraction of sp³-hybridized carbons (Fsp3) is 0.750. The van der Waals surface area contributed by atoms with E-state index >= 15 is 0 Å². The molecule has 2 rings (SSSR count). The summed E-state index contributed by atoms with van der Waals surface area (Å²) in [5, 5.41) is 13.0. The topological polar surface area (TPSA) is 68.7 Å². The van der Waals surface area contributed by atoms with Crippen LogP contribution in [0, 0.1) is 13.8 Å². The Bertz CT molecular complexity index is 503. The number of nitrogens with one attached hydrogen (secondary N) is 1. The summed E-state index contributed by atoms with van der Waals surface area (Å²) in [7, 11) is 0. The van der Waals surface area contributed by atoms with Gasteiger partial charge in [0.2, 0.25) is 5.91 Å². The van der Waals surface area contributed by atoms with Gasteiger partial charge in [-0.25, -0.2) is 4.98 Å². The molecule has 1 aliphatic heterocycles. The number of nitrogens with zero attached hydrogens (tertiary/aromatic N) is 3. The van der Waals surface area contributed by atoms with E-state index in [-0.39, 0.29) is 24.6 Å². The molecule has 2 atom stereocenters. The minimum atomic E-state index is -0.170. The molecule has 0 saturated carbocycles. The second kappa shape index (κ2) is 8.19. The van der Waals surface area contributed by atoms with Crippen LogP contribution in [0.25, 0.3) is 0 Å². The zero-order valence-electron chi connectivity index (χ0n) is 14.5. The molecule has 1 aromatic rings. The van der Waals surface area contributed by atoms with Crippen molar-refractivity contribution in [2.45, 2.75) is 46.2 Å². The first kappa shape index (κ1) is 18.3. The predicted octanol–water partition coefficient (Wildman–Crippen LogP) is 1.48. The number of carbonyl (C=O) groups is 1. The van der Waals surface area contributed by atoms with E-state index < -0.39 is 0 Å². The second-order valence-electron chi connectivity index (χ2n) is 6.14. The maximum absolute atomic E-state index is 12.4. The van der Waals surface area contributed by atoms with Crippen molar-refractivity contribution in [2.75, 3.05) is 38.1 Å². The van der Waals surface area contributed by atoms with Gasteiger partial charge < -0.3 is 10.4 Å². The van der Waals surface area contributed by atoms with Gasteiger partial charge in [-0.15, -0.1) is 11.3 Å². The first-order valence-electron chi connectivity index (χ1n) is 8.30. The summed E-state index contributed by atoms with van der Waals surface area (Å²) < 4.78 is 0. The van der Waals surface area contributed by atoms with Gasteiger partial charge >= 0.3 is 0 Å². The largest absolute Gasteiger partial charge is 0.395 e. The molecule has 1 aromatic heterocycles. The van der Waals surface area contributed by atoms with Gasteiger partial charge in [0, 0.05) is 37.1 Å². The first-order valence-corrected chi connectivity index (χ1v) is 9.11. The quantitative estimate of drug-likeness (QED) is 0.821. The highest BCUT2D eigenvalue weighted by Gasteiger charge is 2.28. The van der Waals surface area contributed by atoms with E-state index in [2.05, 4.69) is 27.0 Å². The number of hydrogen-bond donors (Lipinski definition) is 2. The molecule has 2 N–H and O–H groups in total. The van der Waals surface area contributed by atoms with Crippen molar-refractivity contribution in [3.05, 3.63) is 10.6 Å². The standard InChI is InChI=1S/C16H28N4O2S/c1-5-14(10-21)20-8-6-19(7-9-20)12(3)15(22)18-16-17-11(2)13(4)23-16/h12,14,21H,5-10H2,1-4H3,(H,17,18,22). The molecule has 7 heteroatoms. The van der Waals surface area contributed by atoms with E-state index in [9.17, 15) is 9.90 Å². The summed E-state index contributed by atoms with van der Waals surface area (Å²) >= 11 is 1.52. The van der Waals surface area contributed by atoms with Crippen molar-refractivity contribution in [3.8, 4) is 0 Å². The Morgan fingerprint density at radius 1 is 1.30 bits per heavy atom. The second-order valence-corrected chi connectivity index (χ2v) is 7.35. The lowest BCUT2D eigenvalue weighted by Crippen LogP contribution is -2.55. The fourth-order valence-corrected chi connectivity index (χ4v) is 3.71. The molecule has 23 heavy (non-hydrogen) atoms. The molecule has 1 fully saturated rings. The molecule has 6 nitrogen and oxygen atoms in total. The third-order valence-corrected chi connectivity index (χ3v) is 5.72. The van der Waals surface area contributed by atoms with Crippen molar-refractivity contribution >= 4 is 22.4 Å². The molecular formula is C16H28N4O2S. The highest BCUT2D eigenvalue weighted by atomic mass is 32.1. The molecule has 0 spiro atoms. The predicted molar refractivity (Wildman–Crippen MR) is 94.0 cm³/mol. The first-order chi connectivity index (χ1) is 11.0. The van der Waals surface area contributed by atoms with Crippen LogP contribution >= 0.6 is 11.3 Å². The lowest BCUT2D eigenvalue weighted by molar-refractivity contribution is -0.121. The molecule has 0 aromatic carbocycles. The molecule has 1 aliphatic rings. The number of aliphatic hydroxyl groups is 1. The molecule has 0 aliphatic carbocycles. The Morgan fingerprint density at radius 2 is 1.91 bits per heavy atom. The van der Waals surface area contributed by atoms with Crippen molar-refractivity contribution in [3.63, 3.8) is 0 Å². The normalized spacial score (nSPS) is 19.5. The molecule has 1 amide bonds. The van der Waals surface area contributed by atoms with Gasteiger partial charge in [0.15, 0.2) is 5.13 Å². The Kier molecular flexibility index (Phi) is 6.52. The molecule has 1 saturated heterocycles.